The highest BCUT2D eigenvalue weighted by molar-refractivity contribution is 5.46. The molecule has 17 heavy (non-hydrogen) atoms. The van der Waals surface area contributed by atoms with Crippen molar-refractivity contribution in [2.75, 3.05) is 0 Å². The van der Waals surface area contributed by atoms with Gasteiger partial charge in [0.1, 0.15) is 0 Å². The number of aryl methyl sites for hydroxylation is 1. The highest BCUT2D eigenvalue weighted by Gasteiger charge is 2.06. The standard InChI is InChI=1S/C12H12N2O3/c1-7-4-3-5-9(8(7)2)14-11(16)6-10(15)13-12(14)17/h3-6,16H,1-2H3,(H,13,15,17)/p-1. The number of benzene rings is 1. The quantitative estimate of drug-likeness (QED) is 0.762. The lowest BCUT2D eigenvalue weighted by atomic mass is 10.1. The first-order valence-electron chi connectivity index (χ1n) is 5.10. The van der Waals surface area contributed by atoms with E-state index in [2.05, 4.69) is 4.98 Å². The molecule has 0 unspecified atom stereocenters. The maximum atomic E-state index is 11.7. The van der Waals surface area contributed by atoms with Crippen LogP contribution in [-0.2, 0) is 0 Å². The molecule has 2 aromatic rings. The third kappa shape index (κ3) is 1.87. The smallest absolute Gasteiger partial charge is 0.332 e. The zero-order valence-corrected chi connectivity index (χ0v) is 9.48. The number of nitrogens with zero attached hydrogens (tertiary/aromatic N) is 1. The minimum Gasteiger partial charge on any atom is -0.859 e. The molecule has 1 N–H and O–H groups in total. The number of rotatable bonds is 1. The summed E-state index contributed by atoms with van der Waals surface area (Å²) in [5.41, 5.74) is 0.910. The molecule has 0 aliphatic rings. The second-order valence-corrected chi connectivity index (χ2v) is 3.83. The highest BCUT2D eigenvalue weighted by Crippen LogP contribution is 2.17. The van der Waals surface area contributed by atoms with Gasteiger partial charge in [-0.2, -0.15) is 0 Å². The lowest BCUT2D eigenvalue weighted by Gasteiger charge is -2.17. The van der Waals surface area contributed by atoms with E-state index >= 15 is 0 Å². The first-order chi connectivity index (χ1) is 8.00. The van der Waals surface area contributed by atoms with E-state index in [0.717, 1.165) is 21.8 Å². The van der Waals surface area contributed by atoms with Gasteiger partial charge in [0.15, 0.2) is 0 Å². The first kappa shape index (κ1) is 11.2. The molecule has 5 nitrogen and oxygen atoms in total. The molecular formula is C12H11N2O3-. The Labute approximate surface area is 97.0 Å². The Kier molecular flexibility index (Phi) is 2.59. The first-order valence-corrected chi connectivity index (χ1v) is 5.10. The van der Waals surface area contributed by atoms with E-state index in [-0.39, 0.29) is 0 Å². The van der Waals surface area contributed by atoms with Crippen LogP contribution in [-0.4, -0.2) is 9.55 Å². The summed E-state index contributed by atoms with van der Waals surface area (Å²) in [6.45, 7) is 3.71. The van der Waals surface area contributed by atoms with Gasteiger partial charge >= 0.3 is 5.69 Å². The fourth-order valence-corrected chi connectivity index (χ4v) is 1.68. The molecule has 0 spiro atoms. The summed E-state index contributed by atoms with van der Waals surface area (Å²) in [4.78, 5) is 24.7. The summed E-state index contributed by atoms with van der Waals surface area (Å²) in [5.74, 6) is -0.618. The zero-order chi connectivity index (χ0) is 12.6. The van der Waals surface area contributed by atoms with E-state index in [0.29, 0.717) is 5.69 Å². The molecule has 88 valence electrons. The maximum absolute atomic E-state index is 11.7. The Hall–Kier alpha value is -2.30. The van der Waals surface area contributed by atoms with E-state index in [4.69, 9.17) is 0 Å². The number of hydrogen-bond acceptors (Lipinski definition) is 3. The molecule has 0 aliphatic heterocycles. The summed E-state index contributed by atoms with van der Waals surface area (Å²) >= 11 is 0. The van der Waals surface area contributed by atoms with Crippen molar-refractivity contribution >= 4 is 0 Å². The zero-order valence-electron chi connectivity index (χ0n) is 9.48. The van der Waals surface area contributed by atoms with E-state index < -0.39 is 17.1 Å². The fourth-order valence-electron chi connectivity index (χ4n) is 1.68. The van der Waals surface area contributed by atoms with Gasteiger partial charge in [0.2, 0.25) is 0 Å². The number of nitrogens with one attached hydrogen (secondary N) is 1. The molecule has 0 saturated heterocycles. The van der Waals surface area contributed by atoms with Gasteiger partial charge in [0, 0.05) is 6.07 Å². The van der Waals surface area contributed by atoms with Crippen molar-refractivity contribution in [1.29, 1.82) is 0 Å². The Bertz CT molecular complexity index is 683. The maximum Gasteiger partial charge on any atom is 0.332 e. The summed E-state index contributed by atoms with van der Waals surface area (Å²) < 4.78 is 0.962. The average Bonchev–Trinajstić information content (AvgIpc) is 2.23. The molecule has 1 aromatic heterocycles. The summed E-state index contributed by atoms with van der Waals surface area (Å²) in [5, 5.41) is 11.7. The normalized spacial score (nSPS) is 10.5. The predicted molar refractivity (Wildman–Crippen MR) is 61.6 cm³/mol. The molecule has 5 heteroatoms. The lowest BCUT2D eigenvalue weighted by molar-refractivity contribution is -0.278. The molecule has 0 radical (unpaired) electrons. The monoisotopic (exact) mass is 231 g/mol. The van der Waals surface area contributed by atoms with Gasteiger partial charge in [-0.3, -0.25) is 14.3 Å². The second-order valence-electron chi connectivity index (χ2n) is 3.83. The molecule has 1 aromatic carbocycles. The number of aromatic amines is 1. The topological polar surface area (TPSA) is 77.9 Å². The molecule has 0 amide bonds. The number of aromatic nitrogens is 2. The van der Waals surface area contributed by atoms with Gasteiger partial charge in [0.25, 0.3) is 5.56 Å². The van der Waals surface area contributed by atoms with Crippen LogP contribution in [0.5, 0.6) is 5.88 Å². The van der Waals surface area contributed by atoms with Crippen LogP contribution in [0.4, 0.5) is 0 Å². The minimum absolute atomic E-state index is 0.497. The van der Waals surface area contributed by atoms with Crippen molar-refractivity contribution in [3.8, 4) is 11.6 Å². The molecule has 0 saturated carbocycles. The van der Waals surface area contributed by atoms with Crippen molar-refractivity contribution in [2.45, 2.75) is 13.8 Å². The van der Waals surface area contributed by atoms with Crippen LogP contribution < -0.4 is 16.4 Å². The second kappa shape index (κ2) is 3.93. The molecule has 0 atom stereocenters. The van der Waals surface area contributed by atoms with E-state index in [1.807, 2.05) is 19.9 Å². The molecule has 1 heterocycles. The Morgan fingerprint density at radius 2 is 1.94 bits per heavy atom. The van der Waals surface area contributed by atoms with Crippen molar-refractivity contribution in [3.63, 3.8) is 0 Å². The van der Waals surface area contributed by atoms with Gasteiger partial charge < -0.3 is 5.11 Å². The third-order valence-corrected chi connectivity index (χ3v) is 2.73. The van der Waals surface area contributed by atoms with Gasteiger partial charge in [-0.15, -0.1) is 0 Å². The van der Waals surface area contributed by atoms with Gasteiger partial charge in [-0.25, -0.2) is 4.79 Å². The largest absolute Gasteiger partial charge is 0.859 e. The molecule has 0 fully saturated rings. The predicted octanol–water partition coefficient (Wildman–Crippen LogP) is 0.216. The van der Waals surface area contributed by atoms with E-state index in [9.17, 15) is 14.7 Å². The Morgan fingerprint density at radius 1 is 1.24 bits per heavy atom. The molecule has 0 bridgehead atoms. The third-order valence-electron chi connectivity index (χ3n) is 2.73. The molecule has 0 aliphatic carbocycles. The Morgan fingerprint density at radius 3 is 2.59 bits per heavy atom. The molecule has 2 rings (SSSR count). The highest BCUT2D eigenvalue weighted by atomic mass is 16.3. The molecular weight excluding hydrogens is 220 g/mol. The van der Waals surface area contributed by atoms with Crippen LogP contribution in [0, 0.1) is 13.8 Å². The van der Waals surface area contributed by atoms with Crippen LogP contribution in [0.3, 0.4) is 0 Å². The van der Waals surface area contributed by atoms with Crippen molar-refractivity contribution in [1.82, 2.24) is 9.55 Å². The average molecular weight is 231 g/mol. The van der Waals surface area contributed by atoms with Crippen molar-refractivity contribution in [2.24, 2.45) is 0 Å². The van der Waals surface area contributed by atoms with Gasteiger partial charge in [0.05, 0.1) is 5.69 Å². The minimum atomic E-state index is -0.712. The van der Waals surface area contributed by atoms with Crippen LogP contribution in [0.2, 0.25) is 0 Å². The van der Waals surface area contributed by atoms with Crippen molar-refractivity contribution < 1.29 is 5.11 Å². The van der Waals surface area contributed by atoms with Gasteiger partial charge in [-0.05, 0) is 36.9 Å². The van der Waals surface area contributed by atoms with Crippen LogP contribution in [0.1, 0.15) is 11.1 Å². The summed E-state index contributed by atoms with van der Waals surface area (Å²) in [6, 6.07) is 6.18. The van der Waals surface area contributed by atoms with E-state index in [1.54, 1.807) is 12.1 Å². The number of H-pyrrole nitrogens is 1. The summed E-state index contributed by atoms with van der Waals surface area (Å²) in [7, 11) is 0. The van der Waals surface area contributed by atoms with Crippen LogP contribution in [0.15, 0.2) is 33.9 Å². The van der Waals surface area contributed by atoms with Crippen LogP contribution >= 0.6 is 0 Å². The summed E-state index contributed by atoms with van der Waals surface area (Å²) in [6.07, 6.45) is 0. The van der Waals surface area contributed by atoms with Crippen molar-refractivity contribution in [3.05, 3.63) is 56.2 Å². The SMILES string of the molecule is Cc1cccc(-n2c([O-])cc(=O)[nH]c2=O)c1C. The van der Waals surface area contributed by atoms with Gasteiger partial charge in [-0.1, -0.05) is 12.1 Å². The lowest BCUT2D eigenvalue weighted by Crippen LogP contribution is -2.30. The Balaban J connectivity index is 2.82. The number of hydrogen-bond donors (Lipinski definition) is 1. The van der Waals surface area contributed by atoms with Crippen LogP contribution in [0.25, 0.3) is 5.69 Å². The fraction of sp³-hybridized carbons (Fsp3) is 0.167. The van der Waals surface area contributed by atoms with E-state index in [1.165, 1.54) is 0 Å².